The van der Waals surface area contributed by atoms with Crippen LogP contribution < -0.4 is 5.32 Å². The molecule has 0 fully saturated rings. The number of amides is 1. The van der Waals surface area contributed by atoms with Crippen LogP contribution in [0.1, 0.15) is 17.4 Å². The Kier molecular flexibility index (Phi) is 3.20. The Hall–Kier alpha value is -2.18. The Morgan fingerprint density at radius 1 is 1.27 bits per heavy atom. The van der Waals surface area contributed by atoms with Crippen LogP contribution in [0.15, 0.2) is 41.8 Å². The number of aryl methyl sites for hydroxylation is 1. The van der Waals surface area contributed by atoms with Gasteiger partial charge >= 0.3 is 0 Å². The van der Waals surface area contributed by atoms with E-state index in [-0.39, 0.29) is 5.91 Å². The number of nitrogens with one attached hydrogen (secondary N) is 1. The minimum absolute atomic E-state index is 0.107. The number of hydrogen-bond acceptors (Lipinski definition) is 4. The summed E-state index contributed by atoms with van der Waals surface area (Å²) in [7, 11) is 0. The van der Waals surface area contributed by atoms with Crippen molar-refractivity contribution < 1.29 is 4.79 Å². The summed E-state index contributed by atoms with van der Waals surface area (Å²) < 4.78 is 4.25. The number of carbonyl (C=O) groups is 1. The number of nitrogens with zero attached hydrogens (tertiary/aromatic N) is 2. The number of hydrogen-bond donors (Lipinski definition) is 1. The van der Waals surface area contributed by atoms with Gasteiger partial charge in [0, 0.05) is 6.54 Å². The predicted octanol–water partition coefficient (Wildman–Crippen LogP) is 4.58. The summed E-state index contributed by atoms with van der Waals surface area (Å²) in [6.07, 6.45) is 0. The lowest BCUT2D eigenvalue weighted by Crippen LogP contribution is -2.16. The van der Waals surface area contributed by atoms with Gasteiger partial charge in [-0.05, 0) is 36.6 Å². The molecule has 0 aliphatic carbocycles. The topological polar surface area (TPSA) is 46.9 Å². The van der Waals surface area contributed by atoms with E-state index >= 15 is 0 Å². The molecule has 0 radical (unpaired) electrons. The second kappa shape index (κ2) is 5.23. The molecule has 0 saturated heterocycles. The van der Waals surface area contributed by atoms with Crippen molar-refractivity contribution in [2.24, 2.45) is 0 Å². The van der Waals surface area contributed by atoms with E-state index in [1.807, 2.05) is 47.2 Å². The standard InChI is InChI=1S/C16H13N3OS2/c1-2-19-11-7-8-21-14(11)9-12(19)15(20)18-16-17-10-5-3-4-6-13(10)22-16/h3-9H,2H2,1H3,(H,17,18,20). The van der Waals surface area contributed by atoms with E-state index in [0.29, 0.717) is 10.8 Å². The lowest BCUT2D eigenvalue weighted by Gasteiger charge is -2.06. The van der Waals surface area contributed by atoms with Gasteiger partial charge < -0.3 is 4.57 Å². The first kappa shape index (κ1) is 13.5. The Bertz CT molecular complexity index is 947. The molecule has 0 spiro atoms. The molecule has 4 aromatic rings. The zero-order valence-electron chi connectivity index (χ0n) is 11.9. The van der Waals surface area contributed by atoms with Crippen molar-refractivity contribution in [3.63, 3.8) is 0 Å². The second-order valence-electron chi connectivity index (χ2n) is 4.88. The Morgan fingerprint density at radius 2 is 2.14 bits per heavy atom. The number of para-hydroxylation sites is 1. The van der Waals surface area contributed by atoms with E-state index < -0.39 is 0 Å². The molecule has 1 amide bonds. The van der Waals surface area contributed by atoms with Gasteiger partial charge in [-0.15, -0.1) is 11.3 Å². The third-order valence-corrected chi connectivity index (χ3v) is 5.39. The van der Waals surface area contributed by atoms with Crippen molar-refractivity contribution in [1.29, 1.82) is 0 Å². The van der Waals surface area contributed by atoms with Gasteiger partial charge in [-0.3, -0.25) is 10.1 Å². The van der Waals surface area contributed by atoms with Crippen LogP contribution in [0, 0.1) is 0 Å². The fourth-order valence-electron chi connectivity index (χ4n) is 2.59. The molecule has 0 bridgehead atoms. The van der Waals surface area contributed by atoms with Gasteiger partial charge in [-0.25, -0.2) is 4.98 Å². The van der Waals surface area contributed by atoms with Crippen LogP contribution in [-0.4, -0.2) is 15.5 Å². The highest BCUT2D eigenvalue weighted by molar-refractivity contribution is 7.22. The maximum atomic E-state index is 12.6. The Morgan fingerprint density at radius 3 is 2.95 bits per heavy atom. The van der Waals surface area contributed by atoms with Crippen LogP contribution in [0.4, 0.5) is 5.13 Å². The third kappa shape index (κ3) is 2.12. The molecule has 0 aliphatic rings. The molecule has 22 heavy (non-hydrogen) atoms. The van der Waals surface area contributed by atoms with Crippen molar-refractivity contribution >= 4 is 54.1 Å². The van der Waals surface area contributed by atoms with Crippen LogP contribution >= 0.6 is 22.7 Å². The number of thiazole rings is 1. The van der Waals surface area contributed by atoms with Gasteiger partial charge in [0.05, 0.1) is 20.4 Å². The first-order chi connectivity index (χ1) is 10.8. The number of rotatable bonds is 3. The van der Waals surface area contributed by atoms with E-state index in [4.69, 9.17) is 0 Å². The molecule has 1 N–H and O–H groups in total. The minimum atomic E-state index is -0.107. The summed E-state index contributed by atoms with van der Waals surface area (Å²) >= 11 is 3.14. The molecule has 0 saturated carbocycles. The summed E-state index contributed by atoms with van der Waals surface area (Å²) in [4.78, 5) is 17.0. The third-order valence-electron chi connectivity index (χ3n) is 3.59. The van der Waals surface area contributed by atoms with Crippen molar-refractivity contribution in [3.05, 3.63) is 47.5 Å². The second-order valence-corrected chi connectivity index (χ2v) is 6.86. The molecule has 110 valence electrons. The van der Waals surface area contributed by atoms with Crippen molar-refractivity contribution in [2.45, 2.75) is 13.5 Å². The van der Waals surface area contributed by atoms with Crippen molar-refractivity contribution in [2.75, 3.05) is 5.32 Å². The van der Waals surface area contributed by atoms with Gasteiger partial charge in [-0.2, -0.15) is 0 Å². The molecule has 1 aromatic carbocycles. The Labute approximate surface area is 135 Å². The normalized spacial score (nSPS) is 11.3. The van der Waals surface area contributed by atoms with Crippen molar-refractivity contribution in [3.8, 4) is 0 Å². The smallest absolute Gasteiger partial charge is 0.274 e. The maximum absolute atomic E-state index is 12.6. The average molecular weight is 327 g/mol. The molecule has 0 atom stereocenters. The molecule has 6 heteroatoms. The SMILES string of the molecule is CCn1c(C(=O)Nc2nc3ccccc3s2)cc2sccc21. The van der Waals surface area contributed by atoms with Gasteiger partial charge in [0.2, 0.25) is 0 Å². The lowest BCUT2D eigenvalue weighted by atomic mass is 10.3. The van der Waals surface area contributed by atoms with Gasteiger partial charge in [0.25, 0.3) is 5.91 Å². The molecule has 4 rings (SSSR count). The number of aromatic nitrogens is 2. The molecule has 4 nitrogen and oxygen atoms in total. The van der Waals surface area contributed by atoms with E-state index in [1.165, 1.54) is 11.3 Å². The number of benzene rings is 1. The average Bonchev–Trinajstić information content (AvgIpc) is 3.19. The molecule has 3 heterocycles. The molecular formula is C16H13N3OS2. The van der Waals surface area contributed by atoms with Crippen LogP contribution in [0.25, 0.3) is 20.4 Å². The highest BCUT2D eigenvalue weighted by Gasteiger charge is 2.17. The number of carbonyl (C=O) groups excluding carboxylic acids is 1. The van der Waals surface area contributed by atoms with E-state index in [0.717, 1.165) is 27.0 Å². The summed E-state index contributed by atoms with van der Waals surface area (Å²) in [5.74, 6) is -0.107. The molecular weight excluding hydrogens is 314 g/mol. The van der Waals surface area contributed by atoms with Gasteiger partial charge in [0.15, 0.2) is 5.13 Å². The summed E-state index contributed by atoms with van der Waals surface area (Å²) in [6.45, 7) is 2.81. The van der Waals surface area contributed by atoms with Gasteiger partial charge in [0.1, 0.15) is 5.69 Å². The van der Waals surface area contributed by atoms with Crippen LogP contribution in [0.2, 0.25) is 0 Å². The largest absolute Gasteiger partial charge is 0.336 e. The lowest BCUT2D eigenvalue weighted by molar-refractivity contribution is 0.101. The minimum Gasteiger partial charge on any atom is -0.336 e. The summed E-state index contributed by atoms with van der Waals surface area (Å²) in [5, 5.41) is 5.61. The van der Waals surface area contributed by atoms with E-state index in [2.05, 4.69) is 16.4 Å². The van der Waals surface area contributed by atoms with Crippen LogP contribution in [0.3, 0.4) is 0 Å². The van der Waals surface area contributed by atoms with E-state index in [1.54, 1.807) is 11.3 Å². The van der Waals surface area contributed by atoms with Crippen LogP contribution in [-0.2, 0) is 6.54 Å². The first-order valence-electron chi connectivity index (χ1n) is 7.00. The maximum Gasteiger partial charge on any atom is 0.274 e. The predicted molar refractivity (Wildman–Crippen MR) is 93.1 cm³/mol. The molecule has 0 aliphatic heterocycles. The molecule has 3 aromatic heterocycles. The summed E-state index contributed by atoms with van der Waals surface area (Å²) in [6, 6.07) is 11.9. The number of thiophene rings is 1. The monoisotopic (exact) mass is 327 g/mol. The highest BCUT2D eigenvalue weighted by Crippen LogP contribution is 2.28. The summed E-state index contributed by atoms with van der Waals surface area (Å²) in [5.41, 5.74) is 2.71. The zero-order chi connectivity index (χ0) is 15.1. The Balaban J connectivity index is 1.69. The number of anilines is 1. The van der Waals surface area contributed by atoms with E-state index in [9.17, 15) is 4.79 Å². The van der Waals surface area contributed by atoms with Gasteiger partial charge in [-0.1, -0.05) is 23.5 Å². The first-order valence-corrected chi connectivity index (χ1v) is 8.69. The fraction of sp³-hybridized carbons (Fsp3) is 0.125. The van der Waals surface area contributed by atoms with Crippen LogP contribution in [0.5, 0.6) is 0 Å². The highest BCUT2D eigenvalue weighted by atomic mass is 32.1. The van der Waals surface area contributed by atoms with Crippen molar-refractivity contribution in [1.82, 2.24) is 9.55 Å². The fourth-order valence-corrected chi connectivity index (χ4v) is 4.28. The quantitative estimate of drug-likeness (QED) is 0.598. The number of fused-ring (bicyclic) bond motifs is 2. The molecule has 0 unspecified atom stereocenters. The zero-order valence-corrected chi connectivity index (χ0v) is 13.5.